The normalized spacial score (nSPS) is 19.2. The number of fused-ring (bicyclic) bond motifs is 8. The predicted molar refractivity (Wildman–Crippen MR) is 319 cm³/mol. The van der Waals surface area contributed by atoms with Crippen molar-refractivity contribution in [2.24, 2.45) is 5.92 Å². The van der Waals surface area contributed by atoms with E-state index in [0.29, 0.717) is 10.8 Å². The molecule has 73 heavy (non-hydrogen) atoms. The van der Waals surface area contributed by atoms with Crippen molar-refractivity contribution in [2.45, 2.75) is 247 Å². The molecule has 0 aliphatic heterocycles. The van der Waals surface area contributed by atoms with Crippen LogP contribution in [0, 0.1) is 131 Å². The molecule has 5 aliphatic carbocycles. The zero-order chi connectivity index (χ0) is 54.1. The van der Waals surface area contributed by atoms with Crippen molar-refractivity contribution in [2.75, 3.05) is 0 Å². The van der Waals surface area contributed by atoms with Gasteiger partial charge in [0, 0.05) is 29.4 Å². The zero-order valence-corrected chi connectivity index (χ0v) is 53.1. The second-order valence-electron chi connectivity index (χ2n) is 26.6. The van der Waals surface area contributed by atoms with E-state index < -0.39 is 0 Å². The van der Waals surface area contributed by atoms with Gasteiger partial charge in [-0.05, 0) is 343 Å². The molecule has 0 spiro atoms. The summed E-state index contributed by atoms with van der Waals surface area (Å²) in [4.78, 5) is 0. The first-order chi connectivity index (χ1) is 33.1. The fraction of sp³-hybridized carbons (Fsp3) is 0.528. The largest absolute Gasteiger partial charge is 0.0740 e. The summed E-state index contributed by atoms with van der Waals surface area (Å²) in [6, 6.07) is 4.81. The first-order valence-electron chi connectivity index (χ1n) is 28.0. The summed E-state index contributed by atoms with van der Waals surface area (Å²) in [7, 11) is 0. The minimum atomic E-state index is 0. The summed E-state index contributed by atoms with van der Waals surface area (Å²) < 4.78 is 0. The molecule has 1 heteroatoms. The first kappa shape index (κ1) is 58.4. The van der Waals surface area contributed by atoms with E-state index in [9.17, 15) is 0 Å². The molecule has 0 nitrogen and oxygen atoms in total. The summed E-state index contributed by atoms with van der Waals surface area (Å²) in [6.45, 7) is 64.9. The second-order valence-corrected chi connectivity index (χ2v) is 26.6. The third-order valence-corrected chi connectivity index (χ3v) is 21.4. The van der Waals surface area contributed by atoms with Gasteiger partial charge >= 0.3 is 0 Å². The first-order valence-corrected chi connectivity index (χ1v) is 28.0. The van der Waals surface area contributed by atoms with Gasteiger partial charge in [0.15, 0.2) is 0 Å². The molecule has 2 atom stereocenters. The molecule has 1 radical (unpaired) electrons. The minimum Gasteiger partial charge on any atom is -0.0740 e. The molecule has 0 saturated heterocycles. The Morgan fingerprint density at radius 1 is 0.425 bits per heavy atom. The summed E-state index contributed by atoms with van der Waals surface area (Å²) in [5.74, 6) is 1.53. The number of rotatable bonds is 0. The van der Waals surface area contributed by atoms with Crippen molar-refractivity contribution in [3.05, 3.63) is 174 Å². The summed E-state index contributed by atoms with van der Waals surface area (Å²) in [6.07, 6.45) is 9.77. The van der Waals surface area contributed by atoms with Gasteiger partial charge in [-0.3, -0.25) is 0 Å². The molecule has 0 amide bonds. The number of aryl methyl sites for hydroxylation is 2. The van der Waals surface area contributed by atoms with Crippen LogP contribution in [-0.4, -0.2) is 0 Å². The van der Waals surface area contributed by atoms with Crippen LogP contribution >= 0.6 is 0 Å². The van der Waals surface area contributed by atoms with Gasteiger partial charge < -0.3 is 0 Å². The van der Waals surface area contributed by atoms with Crippen LogP contribution in [0.2, 0.25) is 0 Å². The van der Waals surface area contributed by atoms with Crippen molar-refractivity contribution < 1.29 is 18.6 Å². The smallest absolute Gasteiger partial charge is 0.0161 e. The van der Waals surface area contributed by atoms with Crippen LogP contribution in [0.1, 0.15) is 239 Å². The van der Waals surface area contributed by atoms with Gasteiger partial charge in [0.25, 0.3) is 0 Å². The molecule has 2 unspecified atom stereocenters. The Kier molecular flexibility index (Phi) is 16.0. The second kappa shape index (κ2) is 19.9. The molecular weight excluding hydrogens is 916 g/mol. The van der Waals surface area contributed by atoms with E-state index >= 15 is 0 Å². The Labute approximate surface area is 460 Å². The molecule has 0 heterocycles. The van der Waals surface area contributed by atoms with E-state index in [4.69, 9.17) is 0 Å². The molecule has 0 N–H and O–H groups in total. The molecule has 0 aromatic heterocycles. The maximum Gasteiger partial charge on any atom is 0.0161 e. The van der Waals surface area contributed by atoms with E-state index in [-0.39, 0.29) is 29.4 Å². The zero-order valence-electron chi connectivity index (χ0n) is 51.7. The van der Waals surface area contributed by atoms with Crippen molar-refractivity contribution >= 4 is 6.08 Å². The molecule has 0 bridgehead atoms. The van der Waals surface area contributed by atoms with Crippen molar-refractivity contribution in [1.82, 2.24) is 0 Å². The average Bonchev–Trinajstić information content (AvgIpc) is 3.96. The third-order valence-electron chi connectivity index (χ3n) is 21.4. The predicted octanol–water partition coefficient (Wildman–Crippen LogP) is 20.3. The van der Waals surface area contributed by atoms with Crippen LogP contribution in [0.15, 0.2) is 29.4 Å². The van der Waals surface area contributed by atoms with E-state index in [1.54, 1.807) is 55.7 Å². The van der Waals surface area contributed by atoms with Gasteiger partial charge in [0.05, 0.1) is 0 Å². The van der Waals surface area contributed by atoms with E-state index in [1.807, 2.05) is 0 Å². The van der Waals surface area contributed by atoms with Crippen LogP contribution in [0.3, 0.4) is 0 Å². The topological polar surface area (TPSA) is 0 Å². The number of hydrogen-bond acceptors (Lipinski definition) is 0. The third kappa shape index (κ3) is 9.19. The number of hydrogen-bond donors (Lipinski definition) is 0. The quantitative estimate of drug-likeness (QED) is 0.136. The van der Waals surface area contributed by atoms with Crippen molar-refractivity contribution in [3.8, 4) is 11.1 Å². The van der Waals surface area contributed by atoms with Crippen LogP contribution < -0.4 is 0 Å². The van der Waals surface area contributed by atoms with Crippen molar-refractivity contribution in [3.63, 3.8) is 0 Å². The maximum atomic E-state index is 2.49. The van der Waals surface area contributed by atoms with Crippen LogP contribution in [-0.2, 0) is 46.6 Å². The fourth-order valence-electron chi connectivity index (χ4n) is 15.2. The van der Waals surface area contributed by atoms with Crippen LogP contribution in [0.25, 0.3) is 17.2 Å². The van der Waals surface area contributed by atoms with Crippen LogP contribution in [0.4, 0.5) is 0 Å². The summed E-state index contributed by atoms with van der Waals surface area (Å²) >= 11 is 0. The van der Waals surface area contributed by atoms with Crippen molar-refractivity contribution in [1.29, 1.82) is 0 Å². The summed E-state index contributed by atoms with van der Waals surface area (Å²) in [5.41, 5.74) is 46.7. The number of allylic oxidation sites excluding steroid dienone is 3. The summed E-state index contributed by atoms with van der Waals surface area (Å²) in [5, 5.41) is 0. The molecule has 5 aromatic carbocycles. The fourth-order valence-corrected chi connectivity index (χ4v) is 15.2. The minimum absolute atomic E-state index is 0. The SMILES string of the molecule is CC1=C(C)CC2C(C1)c1c(C)c(C)c(C)c(C)c1C2(C)C.Cc1c(C)c(C)c2c(c1C)C=CC2(C)C.Cc1c(C)c(C)c2c(c1C)CCC2(C)C.Cc1cc2c(cc1C)C(C)(C)c1c(C)c(C)c(C)c(C)c1-2.[V]. The monoisotopic (exact) mass is 1010 g/mol. The van der Waals surface area contributed by atoms with Crippen LogP contribution in [0.5, 0.6) is 0 Å². The average molecular weight is 1010 g/mol. The van der Waals surface area contributed by atoms with E-state index in [0.717, 1.165) is 11.8 Å². The molecule has 0 saturated carbocycles. The Morgan fingerprint density at radius 2 is 0.863 bits per heavy atom. The van der Waals surface area contributed by atoms with Gasteiger partial charge in [-0.15, -0.1) is 0 Å². The van der Waals surface area contributed by atoms with Gasteiger partial charge in [-0.2, -0.15) is 0 Å². The van der Waals surface area contributed by atoms with Gasteiger partial charge in [-0.1, -0.05) is 90.8 Å². The Hall–Kier alpha value is -3.84. The molecule has 5 aromatic rings. The standard InChI is InChI=1S/C21H30.C21H26.C15H22.C15H20.V/c2*1-11-9-17-18(10-12(11)2)21(7,8)20-16(6)14(4)13(3)15(5)19(17)20;2*1-9-10(2)12(4)14-13(11(9)3)7-8-15(14,5)6;/h17-18H,9-10H2,1-8H3;9-10H,1-8H3;7-8H2,1-6H3;7-8H,1-6H3;. The Morgan fingerprint density at radius 3 is 1.42 bits per heavy atom. The van der Waals surface area contributed by atoms with Gasteiger partial charge in [0.2, 0.25) is 0 Å². The molecule has 5 aliphatic rings. The molecule has 10 rings (SSSR count). The van der Waals surface area contributed by atoms with Gasteiger partial charge in [0.1, 0.15) is 0 Å². The van der Waals surface area contributed by atoms with E-state index in [2.05, 4.69) is 218 Å². The van der Waals surface area contributed by atoms with Gasteiger partial charge in [-0.25, -0.2) is 0 Å². The molecule has 391 valence electrons. The molecular formula is C72H98V. The maximum absolute atomic E-state index is 2.49. The number of benzene rings is 5. The molecule has 0 fully saturated rings. The van der Waals surface area contributed by atoms with E-state index in [1.165, 1.54) is 137 Å². The Balaban J connectivity index is 0.000000160. The Bertz CT molecular complexity index is 3140.